The van der Waals surface area contributed by atoms with Gasteiger partial charge in [0.05, 0.1) is 13.2 Å². The molecule has 2 N–H and O–H groups in total. The number of hydrogen-bond donors (Lipinski definition) is 2. The van der Waals surface area contributed by atoms with E-state index in [1.807, 2.05) is 13.0 Å². The quantitative estimate of drug-likeness (QED) is 0.533. The summed E-state index contributed by atoms with van der Waals surface area (Å²) < 4.78 is 10.9. The van der Waals surface area contributed by atoms with Gasteiger partial charge in [0.1, 0.15) is 11.3 Å². The number of carbonyl (C=O) groups is 2. The molecule has 2 rings (SSSR count). The lowest BCUT2D eigenvalue weighted by Gasteiger charge is -2.11. The van der Waals surface area contributed by atoms with Gasteiger partial charge in [0.15, 0.2) is 0 Å². The maximum Gasteiger partial charge on any atom is 0.275 e. The molecule has 0 aliphatic carbocycles. The third-order valence-corrected chi connectivity index (χ3v) is 3.79. The fourth-order valence-corrected chi connectivity index (χ4v) is 2.49. The number of carbonyl (C=O) groups excluding carboxylic acids is 2. The van der Waals surface area contributed by atoms with Crippen molar-refractivity contribution in [2.24, 2.45) is 0 Å². The number of nitrogens with zero attached hydrogens (tertiary/aromatic N) is 1. The summed E-state index contributed by atoms with van der Waals surface area (Å²) in [5.74, 6) is 0.140. The summed E-state index contributed by atoms with van der Waals surface area (Å²) in [5.41, 5.74) is 5.91. The molecule has 1 aromatic heterocycles. The summed E-state index contributed by atoms with van der Waals surface area (Å²) in [4.78, 5) is 28.0. The van der Waals surface area contributed by atoms with Gasteiger partial charge in [-0.3, -0.25) is 20.4 Å². The van der Waals surface area contributed by atoms with Crippen molar-refractivity contribution in [1.29, 1.82) is 0 Å². The molecule has 144 valence electrons. The van der Waals surface area contributed by atoms with Crippen LogP contribution in [0.15, 0.2) is 36.5 Å². The first-order chi connectivity index (χ1) is 13.0. The second-order valence-corrected chi connectivity index (χ2v) is 6.09. The van der Waals surface area contributed by atoms with Gasteiger partial charge in [0.25, 0.3) is 5.91 Å². The number of aromatic nitrogens is 1. The molecule has 0 spiro atoms. The number of aryl methyl sites for hydroxylation is 1. The fourth-order valence-electron chi connectivity index (χ4n) is 2.26. The summed E-state index contributed by atoms with van der Waals surface area (Å²) in [6.07, 6.45) is 2.24. The van der Waals surface area contributed by atoms with Gasteiger partial charge < -0.3 is 9.47 Å². The first kappa shape index (κ1) is 20.5. The van der Waals surface area contributed by atoms with Crippen LogP contribution < -0.4 is 20.3 Å². The van der Waals surface area contributed by atoms with Crippen LogP contribution in [-0.2, 0) is 4.79 Å². The lowest BCUT2D eigenvalue weighted by molar-refractivity contribution is -0.122. The Morgan fingerprint density at radius 3 is 2.74 bits per heavy atom. The van der Waals surface area contributed by atoms with Gasteiger partial charge in [-0.1, -0.05) is 11.6 Å². The van der Waals surface area contributed by atoms with Crippen LogP contribution in [0.3, 0.4) is 0 Å². The normalized spacial score (nSPS) is 10.2. The first-order valence-corrected chi connectivity index (χ1v) is 8.95. The minimum atomic E-state index is -0.493. The number of halogens is 1. The SMILES string of the molecule is CCOc1ncccc1C(=O)NNC(=O)CCCOc1ccc(Cl)cc1C. The van der Waals surface area contributed by atoms with E-state index in [-0.39, 0.29) is 23.8 Å². The van der Waals surface area contributed by atoms with Gasteiger partial charge in [-0.2, -0.15) is 0 Å². The lowest BCUT2D eigenvalue weighted by Crippen LogP contribution is -2.41. The van der Waals surface area contributed by atoms with Crippen LogP contribution in [0.5, 0.6) is 11.6 Å². The maximum atomic E-state index is 12.1. The van der Waals surface area contributed by atoms with Crippen molar-refractivity contribution in [1.82, 2.24) is 15.8 Å². The van der Waals surface area contributed by atoms with Crippen LogP contribution in [0.4, 0.5) is 0 Å². The van der Waals surface area contributed by atoms with Gasteiger partial charge >= 0.3 is 0 Å². The second-order valence-electron chi connectivity index (χ2n) is 5.65. The number of hydrazine groups is 1. The second kappa shape index (κ2) is 10.4. The highest BCUT2D eigenvalue weighted by Gasteiger charge is 2.14. The zero-order valence-corrected chi connectivity index (χ0v) is 16.0. The molecule has 1 aromatic carbocycles. The van der Waals surface area contributed by atoms with Crippen molar-refractivity contribution in [3.63, 3.8) is 0 Å². The molecule has 8 heteroatoms. The molecule has 0 aliphatic rings. The van der Waals surface area contributed by atoms with E-state index >= 15 is 0 Å². The third kappa shape index (κ3) is 6.45. The predicted octanol–water partition coefficient (Wildman–Crippen LogP) is 3.06. The van der Waals surface area contributed by atoms with Crippen LogP contribution in [0, 0.1) is 6.92 Å². The number of benzene rings is 1. The molecule has 7 nitrogen and oxygen atoms in total. The number of nitrogens with one attached hydrogen (secondary N) is 2. The van der Waals surface area contributed by atoms with Gasteiger partial charge in [0, 0.05) is 17.6 Å². The van der Waals surface area contributed by atoms with Crippen LogP contribution in [0.1, 0.15) is 35.7 Å². The van der Waals surface area contributed by atoms with E-state index in [9.17, 15) is 9.59 Å². The van der Waals surface area contributed by atoms with E-state index in [1.54, 1.807) is 31.2 Å². The molecule has 0 radical (unpaired) electrons. The van der Waals surface area contributed by atoms with E-state index < -0.39 is 5.91 Å². The molecule has 0 atom stereocenters. The lowest BCUT2D eigenvalue weighted by atomic mass is 10.2. The van der Waals surface area contributed by atoms with Crippen molar-refractivity contribution >= 4 is 23.4 Å². The van der Waals surface area contributed by atoms with E-state index in [1.165, 1.54) is 6.20 Å². The smallest absolute Gasteiger partial charge is 0.275 e. The van der Waals surface area contributed by atoms with Crippen molar-refractivity contribution in [2.75, 3.05) is 13.2 Å². The highest BCUT2D eigenvalue weighted by Crippen LogP contribution is 2.21. The number of ether oxygens (including phenoxy) is 2. The Hall–Kier alpha value is -2.80. The van der Waals surface area contributed by atoms with Crippen molar-refractivity contribution < 1.29 is 19.1 Å². The monoisotopic (exact) mass is 391 g/mol. The van der Waals surface area contributed by atoms with E-state index in [2.05, 4.69) is 15.8 Å². The van der Waals surface area contributed by atoms with E-state index in [4.69, 9.17) is 21.1 Å². The minimum Gasteiger partial charge on any atom is -0.493 e. The van der Waals surface area contributed by atoms with Gasteiger partial charge in [-0.15, -0.1) is 0 Å². The van der Waals surface area contributed by atoms with Crippen LogP contribution in [0.2, 0.25) is 5.02 Å². The molecule has 0 aliphatic heterocycles. The average Bonchev–Trinajstić information content (AvgIpc) is 2.65. The first-order valence-electron chi connectivity index (χ1n) is 8.57. The molecule has 2 amide bonds. The summed E-state index contributed by atoms with van der Waals surface area (Å²) in [5, 5.41) is 0.649. The highest BCUT2D eigenvalue weighted by molar-refractivity contribution is 6.30. The summed E-state index contributed by atoms with van der Waals surface area (Å²) in [7, 11) is 0. The van der Waals surface area contributed by atoms with Crippen molar-refractivity contribution in [2.45, 2.75) is 26.7 Å². The summed E-state index contributed by atoms with van der Waals surface area (Å²) >= 11 is 5.90. The average molecular weight is 392 g/mol. The number of hydrogen-bond acceptors (Lipinski definition) is 5. The molecule has 2 aromatic rings. The Morgan fingerprint density at radius 2 is 2.00 bits per heavy atom. The van der Waals surface area contributed by atoms with Crippen molar-refractivity contribution in [3.8, 4) is 11.6 Å². The largest absolute Gasteiger partial charge is 0.493 e. The van der Waals surface area contributed by atoms with Crippen LogP contribution in [0.25, 0.3) is 0 Å². The molecule has 1 heterocycles. The molecule has 0 bridgehead atoms. The van der Waals surface area contributed by atoms with Gasteiger partial charge in [-0.25, -0.2) is 4.98 Å². The van der Waals surface area contributed by atoms with E-state index in [0.29, 0.717) is 24.7 Å². The topological polar surface area (TPSA) is 89.5 Å². The molecule has 0 saturated carbocycles. The minimum absolute atomic E-state index is 0.207. The molecular formula is C19H22ClN3O4. The Bertz CT molecular complexity index is 798. The molecule has 0 saturated heterocycles. The Morgan fingerprint density at radius 1 is 1.19 bits per heavy atom. The fraction of sp³-hybridized carbons (Fsp3) is 0.316. The number of pyridine rings is 1. The van der Waals surface area contributed by atoms with E-state index in [0.717, 1.165) is 11.3 Å². The Kier molecular flexibility index (Phi) is 7.88. The van der Waals surface area contributed by atoms with Gasteiger partial charge in [0.2, 0.25) is 11.8 Å². The summed E-state index contributed by atoms with van der Waals surface area (Å²) in [6.45, 7) is 4.46. The zero-order valence-electron chi connectivity index (χ0n) is 15.3. The van der Waals surface area contributed by atoms with Crippen LogP contribution >= 0.6 is 11.6 Å². The standard InChI is InChI=1S/C19H22ClN3O4/c1-3-26-19-15(6-4-10-21-19)18(25)23-22-17(24)7-5-11-27-16-9-8-14(20)12-13(16)2/h4,6,8-10,12H,3,5,7,11H2,1-2H3,(H,22,24)(H,23,25). The molecule has 27 heavy (non-hydrogen) atoms. The van der Waals surface area contributed by atoms with Crippen molar-refractivity contribution in [3.05, 3.63) is 52.7 Å². The number of rotatable bonds is 8. The molecule has 0 fully saturated rings. The summed E-state index contributed by atoms with van der Waals surface area (Å²) in [6, 6.07) is 8.55. The Labute approximate surface area is 163 Å². The third-order valence-electron chi connectivity index (χ3n) is 3.56. The molecular weight excluding hydrogens is 370 g/mol. The zero-order chi connectivity index (χ0) is 19.6. The predicted molar refractivity (Wildman–Crippen MR) is 102 cm³/mol. The highest BCUT2D eigenvalue weighted by atomic mass is 35.5. The van der Waals surface area contributed by atoms with Crippen LogP contribution in [-0.4, -0.2) is 30.0 Å². The van der Waals surface area contributed by atoms with Gasteiger partial charge in [-0.05, 0) is 56.2 Å². The Balaban J connectivity index is 1.72. The molecule has 0 unspecified atom stereocenters. The number of amides is 2. The maximum absolute atomic E-state index is 12.1.